The van der Waals surface area contributed by atoms with Crippen molar-refractivity contribution in [3.8, 4) is 22.6 Å². The van der Waals surface area contributed by atoms with Gasteiger partial charge in [0.2, 0.25) is 0 Å². The van der Waals surface area contributed by atoms with Crippen LogP contribution in [0.1, 0.15) is 44.6 Å². The van der Waals surface area contributed by atoms with Crippen LogP contribution in [0.2, 0.25) is 6.04 Å². The Morgan fingerprint density at radius 2 is 1.53 bits per heavy atom. The topological polar surface area (TPSA) is 57.2 Å². The molecule has 0 saturated carbocycles. The molecule has 0 aromatic heterocycles. The first kappa shape index (κ1) is 24.4. The summed E-state index contributed by atoms with van der Waals surface area (Å²) in [6.45, 7) is 2.97. The zero-order valence-corrected chi connectivity index (χ0v) is 19.8. The highest BCUT2D eigenvalue weighted by Crippen LogP contribution is 2.30. The van der Waals surface area contributed by atoms with Crippen LogP contribution in [-0.2, 0) is 19.7 Å². The van der Waals surface area contributed by atoms with Crippen LogP contribution >= 0.6 is 0 Å². The van der Waals surface area contributed by atoms with Crippen LogP contribution < -0.4 is 4.74 Å². The molecule has 0 saturated heterocycles. The maximum Gasteiger partial charge on any atom is 0.500 e. The Bertz CT molecular complexity index is 735. The molecular formula is C24H36O5Si. The van der Waals surface area contributed by atoms with E-state index >= 15 is 0 Å². The van der Waals surface area contributed by atoms with Crippen molar-refractivity contribution in [2.24, 2.45) is 0 Å². The van der Waals surface area contributed by atoms with Crippen LogP contribution in [0.4, 0.5) is 0 Å². The van der Waals surface area contributed by atoms with E-state index < -0.39 is 8.80 Å². The molecule has 166 valence electrons. The molecule has 1 N–H and O–H groups in total. The summed E-state index contributed by atoms with van der Waals surface area (Å²) in [6.07, 6.45) is 6.43. The number of phenolic OH excluding ortho intramolecular Hbond substituents is 1. The Balaban J connectivity index is 2.03. The lowest BCUT2D eigenvalue weighted by atomic mass is 9.96. The maximum atomic E-state index is 10.00. The highest BCUT2D eigenvalue weighted by Gasteiger charge is 2.36. The van der Waals surface area contributed by atoms with Crippen molar-refractivity contribution in [3.05, 3.63) is 48.0 Å². The van der Waals surface area contributed by atoms with E-state index in [0.29, 0.717) is 0 Å². The average Bonchev–Trinajstić information content (AvgIpc) is 2.78. The van der Waals surface area contributed by atoms with E-state index in [1.165, 1.54) is 19.3 Å². The van der Waals surface area contributed by atoms with Crippen LogP contribution in [0.5, 0.6) is 11.5 Å². The van der Waals surface area contributed by atoms with Gasteiger partial charge in [-0.3, -0.25) is 0 Å². The van der Waals surface area contributed by atoms with Crippen molar-refractivity contribution in [2.75, 3.05) is 27.9 Å². The lowest BCUT2D eigenvalue weighted by molar-refractivity contribution is 0.123. The summed E-state index contributed by atoms with van der Waals surface area (Å²) >= 11 is 0. The van der Waals surface area contributed by atoms with Crippen molar-refractivity contribution < 1.29 is 23.1 Å². The van der Waals surface area contributed by atoms with Crippen LogP contribution in [-0.4, -0.2) is 41.8 Å². The molecule has 0 radical (unpaired) electrons. The normalized spacial score (nSPS) is 11.6. The summed E-state index contributed by atoms with van der Waals surface area (Å²) in [6, 6.07) is 14.5. The molecule has 0 bridgehead atoms. The third kappa shape index (κ3) is 7.13. The highest BCUT2D eigenvalue weighted by atomic mass is 28.4. The quantitative estimate of drug-likeness (QED) is 0.301. The predicted molar refractivity (Wildman–Crippen MR) is 123 cm³/mol. The standard InChI is InChI=1S/C24H36O5Si/c1-5-6-7-8-17-29-23-14-11-20(12-15-23)24-16-13-22(25)19-21(24)10-9-18-30(26-2,27-3)28-4/h11-16,19,25H,5-10,17-18H2,1-4H3. The second-order valence-electron chi connectivity index (χ2n) is 7.42. The number of hydrogen-bond donors (Lipinski definition) is 1. The Labute approximate surface area is 182 Å². The van der Waals surface area contributed by atoms with Crippen molar-refractivity contribution >= 4 is 8.80 Å². The van der Waals surface area contributed by atoms with Gasteiger partial charge < -0.3 is 23.1 Å². The molecule has 0 atom stereocenters. The van der Waals surface area contributed by atoms with Gasteiger partial charge in [0.25, 0.3) is 0 Å². The largest absolute Gasteiger partial charge is 0.508 e. The molecule has 6 heteroatoms. The molecule has 2 aromatic carbocycles. The smallest absolute Gasteiger partial charge is 0.500 e. The molecule has 2 rings (SSSR count). The fourth-order valence-electron chi connectivity index (χ4n) is 3.57. The van der Waals surface area contributed by atoms with E-state index in [-0.39, 0.29) is 5.75 Å². The van der Waals surface area contributed by atoms with E-state index in [9.17, 15) is 5.11 Å². The molecule has 0 aliphatic carbocycles. The molecule has 0 heterocycles. The maximum absolute atomic E-state index is 10.00. The fourth-order valence-corrected chi connectivity index (χ4v) is 5.29. The van der Waals surface area contributed by atoms with Gasteiger partial charge in [-0.2, -0.15) is 0 Å². The molecule has 30 heavy (non-hydrogen) atoms. The van der Waals surface area contributed by atoms with Gasteiger partial charge in [-0.1, -0.05) is 44.4 Å². The minimum atomic E-state index is -2.59. The Morgan fingerprint density at radius 1 is 0.833 bits per heavy atom. The Hall–Kier alpha value is -1.86. The van der Waals surface area contributed by atoms with E-state index in [1.807, 2.05) is 24.3 Å². The summed E-state index contributed by atoms with van der Waals surface area (Å²) < 4.78 is 22.4. The summed E-state index contributed by atoms with van der Waals surface area (Å²) in [5.74, 6) is 1.17. The van der Waals surface area contributed by atoms with Crippen LogP contribution in [0.3, 0.4) is 0 Å². The average molecular weight is 433 g/mol. The van der Waals surface area contributed by atoms with Gasteiger partial charge >= 0.3 is 8.80 Å². The first-order valence-corrected chi connectivity index (χ1v) is 12.7. The number of hydrogen-bond acceptors (Lipinski definition) is 5. The van der Waals surface area contributed by atoms with E-state index in [4.69, 9.17) is 18.0 Å². The number of unbranched alkanes of at least 4 members (excludes halogenated alkanes) is 3. The number of benzene rings is 2. The second-order valence-corrected chi connectivity index (χ2v) is 10.5. The minimum absolute atomic E-state index is 0.273. The molecule has 0 aliphatic heterocycles. The lowest BCUT2D eigenvalue weighted by Gasteiger charge is -2.24. The van der Waals surface area contributed by atoms with Crippen molar-refractivity contribution in [2.45, 2.75) is 51.5 Å². The zero-order valence-electron chi connectivity index (χ0n) is 18.8. The number of aromatic hydroxyl groups is 1. The minimum Gasteiger partial charge on any atom is -0.508 e. The number of phenols is 1. The molecular weight excluding hydrogens is 396 g/mol. The summed E-state index contributed by atoms with van der Waals surface area (Å²) in [5.41, 5.74) is 3.31. The number of aryl methyl sites for hydroxylation is 1. The number of ether oxygens (including phenoxy) is 1. The molecule has 0 fully saturated rings. The fraction of sp³-hybridized carbons (Fsp3) is 0.500. The van der Waals surface area contributed by atoms with Gasteiger partial charge in [-0.15, -0.1) is 0 Å². The molecule has 5 nitrogen and oxygen atoms in total. The van der Waals surface area contributed by atoms with Crippen LogP contribution in [0.15, 0.2) is 42.5 Å². The number of rotatable bonds is 14. The van der Waals surface area contributed by atoms with Crippen molar-refractivity contribution in [1.29, 1.82) is 0 Å². The highest BCUT2D eigenvalue weighted by molar-refractivity contribution is 6.60. The second kappa shape index (κ2) is 12.7. The predicted octanol–water partition coefficient (Wildman–Crippen LogP) is 5.83. The first-order valence-electron chi connectivity index (χ1n) is 10.8. The molecule has 0 amide bonds. The van der Waals surface area contributed by atoms with Crippen molar-refractivity contribution in [1.82, 2.24) is 0 Å². The van der Waals surface area contributed by atoms with Gasteiger partial charge in [0.15, 0.2) is 0 Å². The van der Waals surface area contributed by atoms with Gasteiger partial charge in [0, 0.05) is 27.4 Å². The van der Waals surface area contributed by atoms with E-state index in [0.717, 1.165) is 54.4 Å². The van der Waals surface area contributed by atoms with Crippen LogP contribution in [0, 0.1) is 0 Å². The van der Waals surface area contributed by atoms with Crippen molar-refractivity contribution in [3.63, 3.8) is 0 Å². The molecule has 0 unspecified atom stereocenters. The van der Waals surface area contributed by atoms with Gasteiger partial charge in [0.1, 0.15) is 11.5 Å². The summed E-state index contributed by atoms with van der Waals surface area (Å²) in [5, 5.41) is 10.00. The summed E-state index contributed by atoms with van der Waals surface area (Å²) in [4.78, 5) is 0. The molecule has 0 spiro atoms. The third-order valence-corrected chi connectivity index (χ3v) is 8.21. The SMILES string of the molecule is CCCCCCOc1ccc(-c2ccc(O)cc2CCC[Si](OC)(OC)OC)cc1. The monoisotopic (exact) mass is 432 g/mol. The summed E-state index contributed by atoms with van der Waals surface area (Å²) in [7, 11) is 2.30. The van der Waals surface area contributed by atoms with Gasteiger partial charge in [0.05, 0.1) is 6.61 Å². The van der Waals surface area contributed by atoms with Gasteiger partial charge in [-0.05, 0) is 60.2 Å². The van der Waals surface area contributed by atoms with E-state index in [2.05, 4.69) is 19.1 Å². The zero-order chi connectivity index (χ0) is 21.8. The first-order chi connectivity index (χ1) is 14.6. The Kier molecular flexibility index (Phi) is 10.4. The van der Waals surface area contributed by atoms with E-state index in [1.54, 1.807) is 27.4 Å². The third-order valence-electron chi connectivity index (χ3n) is 5.38. The lowest BCUT2D eigenvalue weighted by Crippen LogP contribution is -2.42. The van der Waals surface area contributed by atoms with Crippen LogP contribution in [0.25, 0.3) is 11.1 Å². The molecule has 2 aromatic rings. The van der Waals surface area contributed by atoms with Gasteiger partial charge in [-0.25, -0.2) is 0 Å². The molecule has 0 aliphatic rings. The Morgan fingerprint density at radius 3 is 2.17 bits per heavy atom.